The molecule has 0 radical (unpaired) electrons. The van der Waals surface area contributed by atoms with Crippen molar-refractivity contribution in [2.75, 3.05) is 19.6 Å². The minimum atomic E-state index is -0.723. The third kappa shape index (κ3) is 4.07. The first-order chi connectivity index (χ1) is 13.3. The normalized spacial score (nSPS) is 28.4. The molecule has 0 amide bonds. The zero-order valence-electron chi connectivity index (χ0n) is 16.2. The summed E-state index contributed by atoms with van der Waals surface area (Å²) in [5, 5.41) is 31.0. The van der Waals surface area contributed by atoms with Crippen LogP contribution in [-0.2, 0) is 6.42 Å². The Bertz CT molecular complexity index is 824. The van der Waals surface area contributed by atoms with Crippen molar-refractivity contribution in [1.82, 2.24) is 4.90 Å². The summed E-state index contributed by atoms with van der Waals surface area (Å²) in [4.78, 5) is 2.27. The van der Waals surface area contributed by atoms with Crippen LogP contribution in [0.1, 0.15) is 35.6 Å². The van der Waals surface area contributed by atoms with Crippen LogP contribution in [0.5, 0.6) is 5.75 Å². The summed E-state index contributed by atoms with van der Waals surface area (Å²) in [5.41, 5.74) is 1.99. The van der Waals surface area contributed by atoms with Gasteiger partial charge in [-0.05, 0) is 72.6 Å². The molecule has 0 spiro atoms. The smallest absolute Gasteiger partial charge is 0.123 e. The van der Waals surface area contributed by atoms with Gasteiger partial charge in [-0.1, -0.05) is 18.2 Å². The van der Waals surface area contributed by atoms with Gasteiger partial charge in [0.2, 0.25) is 0 Å². The molecule has 4 rings (SSSR count). The van der Waals surface area contributed by atoms with E-state index < -0.39 is 11.7 Å². The second-order valence-corrected chi connectivity index (χ2v) is 8.73. The van der Waals surface area contributed by atoms with Crippen molar-refractivity contribution in [3.8, 4) is 5.75 Å². The molecule has 2 aromatic carbocycles. The van der Waals surface area contributed by atoms with Gasteiger partial charge < -0.3 is 15.3 Å². The lowest BCUT2D eigenvalue weighted by Crippen LogP contribution is -2.33. The molecule has 1 aliphatic heterocycles. The maximum Gasteiger partial charge on any atom is 0.123 e. The molecule has 3 N–H and O–H groups in total. The van der Waals surface area contributed by atoms with Gasteiger partial charge >= 0.3 is 0 Å². The maximum atomic E-state index is 13.3. The number of hydrogen-bond acceptors (Lipinski definition) is 4. The second-order valence-electron chi connectivity index (χ2n) is 8.73. The van der Waals surface area contributed by atoms with E-state index in [9.17, 15) is 19.7 Å². The van der Waals surface area contributed by atoms with E-state index in [1.807, 2.05) is 6.92 Å². The number of hydrogen-bond donors (Lipinski definition) is 3. The molecular formula is C23H28FNO3. The minimum Gasteiger partial charge on any atom is -0.508 e. The number of benzene rings is 2. The van der Waals surface area contributed by atoms with Crippen LogP contribution < -0.4 is 0 Å². The third-order valence-corrected chi connectivity index (χ3v) is 6.47. The van der Waals surface area contributed by atoms with E-state index >= 15 is 0 Å². The molecule has 4 nitrogen and oxygen atoms in total. The van der Waals surface area contributed by atoms with Crippen molar-refractivity contribution in [1.29, 1.82) is 0 Å². The molecule has 0 aromatic heterocycles. The molecule has 2 unspecified atom stereocenters. The first-order valence-corrected chi connectivity index (χ1v) is 9.98. The number of phenols is 1. The van der Waals surface area contributed by atoms with E-state index in [4.69, 9.17) is 0 Å². The Morgan fingerprint density at radius 1 is 1.11 bits per heavy atom. The molecule has 2 fully saturated rings. The molecule has 1 heterocycles. The predicted molar refractivity (Wildman–Crippen MR) is 106 cm³/mol. The molecule has 28 heavy (non-hydrogen) atoms. The quantitative estimate of drug-likeness (QED) is 0.740. The molecule has 2 aliphatic rings. The minimum absolute atomic E-state index is 0.197. The van der Waals surface area contributed by atoms with Crippen LogP contribution >= 0.6 is 0 Å². The predicted octanol–water partition coefficient (Wildman–Crippen LogP) is 3.19. The van der Waals surface area contributed by atoms with E-state index in [0.717, 1.165) is 42.6 Å². The van der Waals surface area contributed by atoms with E-state index in [-0.39, 0.29) is 11.6 Å². The summed E-state index contributed by atoms with van der Waals surface area (Å²) < 4.78 is 13.3. The number of aromatic hydroxyl groups is 1. The first-order valence-electron chi connectivity index (χ1n) is 9.98. The van der Waals surface area contributed by atoms with Crippen LogP contribution in [0, 0.1) is 24.6 Å². The SMILES string of the molecule is Cc1cc(F)ccc1CC1(O)C[C@H]2CN(CC(O)c3ccc(O)cc3)C[C@H]2C1. The zero-order chi connectivity index (χ0) is 19.9. The Hall–Kier alpha value is -1.95. The van der Waals surface area contributed by atoms with Gasteiger partial charge in [0.1, 0.15) is 11.6 Å². The zero-order valence-corrected chi connectivity index (χ0v) is 16.2. The van der Waals surface area contributed by atoms with Crippen molar-refractivity contribution >= 4 is 0 Å². The topological polar surface area (TPSA) is 63.9 Å². The van der Waals surface area contributed by atoms with Gasteiger partial charge in [0, 0.05) is 26.1 Å². The Morgan fingerprint density at radius 3 is 2.36 bits per heavy atom. The van der Waals surface area contributed by atoms with Crippen molar-refractivity contribution in [2.45, 2.75) is 37.9 Å². The van der Waals surface area contributed by atoms with Crippen LogP contribution in [0.4, 0.5) is 4.39 Å². The highest BCUT2D eigenvalue weighted by molar-refractivity contribution is 5.29. The molecule has 1 saturated carbocycles. The number of aryl methyl sites for hydroxylation is 1. The van der Waals surface area contributed by atoms with Gasteiger partial charge in [-0.15, -0.1) is 0 Å². The van der Waals surface area contributed by atoms with Crippen molar-refractivity contribution < 1.29 is 19.7 Å². The fourth-order valence-electron chi connectivity index (χ4n) is 5.11. The number of aliphatic hydroxyl groups is 2. The van der Waals surface area contributed by atoms with Crippen molar-refractivity contribution in [3.63, 3.8) is 0 Å². The second kappa shape index (κ2) is 7.47. The molecule has 1 saturated heterocycles. The van der Waals surface area contributed by atoms with Gasteiger partial charge in [0.05, 0.1) is 11.7 Å². The Labute approximate surface area is 165 Å². The Morgan fingerprint density at radius 2 is 1.75 bits per heavy atom. The number of rotatable bonds is 5. The number of nitrogens with zero attached hydrogens (tertiary/aromatic N) is 1. The highest BCUT2D eigenvalue weighted by atomic mass is 19.1. The highest BCUT2D eigenvalue weighted by Gasteiger charge is 2.48. The molecular weight excluding hydrogens is 357 g/mol. The standard InChI is InChI=1S/C23H28FNO3/c1-15-8-20(24)5-2-17(15)9-23(28)10-18-12-25(13-19(18)11-23)14-22(27)16-3-6-21(26)7-4-16/h2-8,18-19,22,26-28H,9-14H2,1H3/t18-,19+,22?,23?. The monoisotopic (exact) mass is 385 g/mol. The van der Waals surface area contributed by atoms with Gasteiger partial charge in [-0.3, -0.25) is 4.90 Å². The number of β-amino-alcohol motifs (C(OH)–C–C–N with tert-alkyl or cyclic N) is 1. The number of aliphatic hydroxyl groups excluding tert-OH is 1. The number of phenolic OH excluding ortho intramolecular Hbond substituents is 1. The number of halogens is 1. The lowest BCUT2D eigenvalue weighted by atomic mass is 9.89. The molecule has 2 aromatic rings. The number of fused-ring (bicyclic) bond motifs is 1. The van der Waals surface area contributed by atoms with Crippen LogP contribution in [0.15, 0.2) is 42.5 Å². The summed E-state index contributed by atoms with van der Waals surface area (Å²) in [6.45, 7) is 4.21. The highest BCUT2D eigenvalue weighted by Crippen LogP contribution is 2.45. The molecule has 5 heteroatoms. The van der Waals surface area contributed by atoms with Crippen LogP contribution in [-0.4, -0.2) is 45.5 Å². The van der Waals surface area contributed by atoms with Crippen LogP contribution in [0.3, 0.4) is 0 Å². The summed E-state index contributed by atoms with van der Waals surface area (Å²) in [7, 11) is 0. The van der Waals surface area contributed by atoms with Crippen LogP contribution in [0.2, 0.25) is 0 Å². The summed E-state index contributed by atoms with van der Waals surface area (Å²) in [6, 6.07) is 11.5. The van der Waals surface area contributed by atoms with Crippen molar-refractivity contribution in [2.24, 2.45) is 11.8 Å². The first kappa shape index (κ1) is 19.4. The van der Waals surface area contributed by atoms with E-state index in [1.54, 1.807) is 30.3 Å². The lowest BCUT2D eigenvalue weighted by molar-refractivity contribution is 0.0327. The maximum absolute atomic E-state index is 13.3. The van der Waals surface area contributed by atoms with Gasteiger partial charge in [-0.2, -0.15) is 0 Å². The average molecular weight is 385 g/mol. The largest absolute Gasteiger partial charge is 0.508 e. The lowest BCUT2D eigenvalue weighted by Gasteiger charge is -2.27. The summed E-state index contributed by atoms with van der Waals surface area (Å²) >= 11 is 0. The molecule has 1 aliphatic carbocycles. The summed E-state index contributed by atoms with van der Waals surface area (Å²) in [6.07, 6.45) is 1.49. The Balaban J connectivity index is 1.34. The fraction of sp³-hybridized carbons (Fsp3) is 0.478. The Kier molecular flexibility index (Phi) is 5.17. The van der Waals surface area contributed by atoms with E-state index in [2.05, 4.69) is 4.90 Å². The van der Waals surface area contributed by atoms with Gasteiger partial charge in [0.25, 0.3) is 0 Å². The fourth-order valence-corrected chi connectivity index (χ4v) is 5.11. The molecule has 150 valence electrons. The van der Waals surface area contributed by atoms with E-state index in [1.165, 1.54) is 12.1 Å². The third-order valence-electron chi connectivity index (χ3n) is 6.47. The van der Waals surface area contributed by atoms with Gasteiger partial charge in [0.15, 0.2) is 0 Å². The average Bonchev–Trinajstić information content (AvgIpc) is 3.12. The van der Waals surface area contributed by atoms with Gasteiger partial charge in [-0.25, -0.2) is 4.39 Å². The molecule has 0 bridgehead atoms. The van der Waals surface area contributed by atoms with Crippen molar-refractivity contribution in [3.05, 3.63) is 65.0 Å². The van der Waals surface area contributed by atoms with E-state index in [0.29, 0.717) is 24.8 Å². The number of likely N-dealkylation sites (tertiary alicyclic amines) is 1. The van der Waals surface area contributed by atoms with Crippen LogP contribution in [0.25, 0.3) is 0 Å². The summed E-state index contributed by atoms with van der Waals surface area (Å²) in [5.74, 6) is 0.817. The molecule has 4 atom stereocenters.